The van der Waals surface area contributed by atoms with Gasteiger partial charge in [-0.1, -0.05) is 35.6 Å². The van der Waals surface area contributed by atoms with Crippen molar-refractivity contribution >= 4 is 29.4 Å². The van der Waals surface area contributed by atoms with Gasteiger partial charge in [0.25, 0.3) is 0 Å². The fourth-order valence-electron chi connectivity index (χ4n) is 4.66. The maximum Gasteiger partial charge on any atom is 0.310 e. The normalized spacial score (nSPS) is 14.5. The van der Waals surface area contributed by atoms with E-state index in [2.05, 4.69) is 46.5 Å². The number of hydrogen-bond acceptors (Lipinski definition) is 4. The van der Waals surface area contributed by atoms with Crippen LogP contribution in [-0.4, -0.2) is 32.6 Å². The van der Waals surface area contributed by atoms with Crippen molar-refractivity contribution in [1.82, 2.24) is 20.3 Å². The van der Waals surface area contributed by atoms with Gasteiger partial charge in [0.05, 0.1) is 10.9 Å². The summed E-state index contributed by atoms with van der Waals surface area (Å²) < 4.78 is 1.88. The van der Waals surface area contributed by atoms with Gasteiger partial charge in [0.1, 0.15) is 5.52 Å². The van der Waals surface area contributed by atoms with Gasteiger partial charge >= 0.3 is 5.97 Å². The Morgan fingerprint density at radius 1 is 1.31 bits per heavy atom. The summed E-state index contributed by atoms with van der Waals surface area (Å²) in [7, 11) is 0. The lowest BCUT2D eigenvalue weighted by Gasteiger charge is -2.33. The molecule has 170 valence electrons. The highest BCUT2D eigenvalue weighted by Crippen LogP contribution is 2.44. The molecule has 0 saturated heterocycles. The first kappa shape index (κ1) is 24.0. The number of aromatic nitrogens is 3. The molecule has 3 aromatic rings. The summed E-state index contributed by atoms with van der Waals surface area (Å²) >= 11 is 0. The van der Waals surface area contributed by atoms with Gasteiger partial charge in [0.2, 0.25) is 0 Å². The smallest absolute Gasteiger partial charge is 0.310 e. The summed E-state index contributed by atoms with van der Waals surface area (Å²) in [5.74, 6) is -1.12. The molecule has 0 spiro atoms. The second-order valence-electron chi connectivity index (χ2n) is 8.95. The van der Waals surface area contributed by atoms with Crippen molar-refractivity contribution in [2.24, 2.45) is 5.41 Å². The molecule has 1 aromatic heterocycles. The first-order valence-corrected chi connectivity index (χ1v) is 10.8. The minimum Gasteiger partial charge on any atom is -0.481 e. The molecular formula is C25H31ClN4O2. The molecule has 2 aromatic carbocycles. The number of allylic oxidation sites excluding steroid dienone is 1. The average molecular weight is 455 g/mol. The van der Waals surface area contributed by atoms with E-state index in [-0.39, 0.29) is 18.3 Å². The standard InChI is InChI=1S/C25H30N4O2.ClH/c1-5-6-13-29-21-10-9-20(16(2)23(21)27-28-29)22(25(3,4)24(30)31)18-8-7-17-11-12-26-15-19(17)14-18;/h5,7-10,14,22,26H,1,6,11-13,15H2,2-4H3,(H,30,31);1H. The molecule has 6 nitrogen and oxygen atoms in total. The Balaban J connectivity index is 0.00000289. The van der Waals surface area contributed by atoms with E-state index in [1.807, 2.05) is 37.6 Å². The van der Waals surface area contributed by atoms with Gasteiger partial charge in [0.15, 0.2) is 0 Å². The molecule has 0 saturated carbocycles. The predicted octanol–water partition coefficient (Wildman–Crippen LogP) is 4.63. The molecule has 7 heteroatoms. The van der Waals surface area contributed by atoms with Crippen molar-refractivity contribution < 1.29 is 9.90 Å². The van der Waals surface area contributed by atoms with Crippen molar-refractivity contribution in [3.63, 3.8) is 0 Å². The maximum atomic E-state index is 12.3. The van der Waals surface area contributed by atoms with Crippen molar-refractivity contribution in [2.45, 2.75) is 52.6 Å². The molecule has 32 heavy (non-hydrogen) atoms. The summed E-state index contributed by atoms with van der Waals surface area (Å²) in [6.45, 7) is 11.9. The highest BCUT2D eigenvalue weighted by atomic mass is 35.5. The average Bonchev–Trinajstić information content (AvgIpc) is 3.17. The molecule has 0 radical (unpaired) electrons. The second-order valence-corrected chi connectivity index (χ2v) is 8.95. The SMILES string of the molecule is C=CCCn1nnc2c(C)c(C(c3ccc4c(c3)CNCC4)C(C)(C)C(=O)O)ccc21.Cl. The molecule has 2 N–H and O–H groups in total. The van der Waals surface area contributed by atoms with Gasteiger partial charge in [0, 0.05) is 19.0 Å². The Labute approximate surface area is 195 Å². The zero-order chi connectivity index (χ0) is 22.2. The number of nitrogens with zero attached hydrogens (tertiary/aromatic N) is 3. The van der Waals surface area contributed by atoms with Gasteiger partial charge in [-0.3, -0.25) is 4.79 Å². The van der Waals surface area contributed by atoms with E-state index >= 15 is 0 Å². The molecular weight excluding hydrogens is 424 g/mol. The van der Waals surface area contributed by atoms with E-state index in [1.165, 1.54) is 11.1 Å². The first-order valence-electron chi connectivity index (χ1n) is 10.8. The van der Waals surface area contributed by atoms with Crippen LogP contribution in [0.5, 0.6) is 0 Å². The molecule has 1 aliphatic heterocycles. The molecule has 4 rings (SSSR count). The van der Waals surface area contributed by atoms with Gasteiger partial charge < -0.3 is 10.4 Å². The van der Waals surface area contributed by atoms with E-state index in [9.17, 15) is 9.90 Å². The van der Waals surface area contributed by atoms with Crippen LogP contribution in [0.4, 0.5) is 0 Å². The molecule has 0 amide bonds. The van der Waals surface area contributed by atoms with Gasteiger partial charge in [-0.15, -0.1) is 24.1 Å². The van der Waals surface area contributed by atoms with Crippen LogP contribution in [0.15, 0.2) is 43.0 Å². The zero-order valence-electron chi connectivity index (χ0n) is 18.9. The number of fused-ring (bicyclic) bond motifs is 2. The molecule has 1 atom stereocenters. The summed E-state index contributed by atoms with van der Waals surface area (Å²) in [4.78, 5) is 12.3. The van der Waals surface area contributed by atoms with E-state index in [4.69, 9.17) is 0 Å². The first-order chi connectivity index (χ1) is 14.8. The predicted molar refractivity (Wildman–Crippen MR) is 129 cm³/mol. The largest absolute Gasteiger partial charge is 0.481 e. The van der Waals surface area contributed by atoms with Crippen LogP contribution in [-0.2, 0) is 24.3 Å². The third kappa shape index (κ3) is 4.17. The quantitative estimate of drug-likeness (QED) is 0.509. The van der Waals surface area contributed by atoms with E-state index in [0.29, 0.717) is 0 Å². The topological polar surface area (TPSA) is 80.0 Å². The number of hydrogen-bond donors (Lipinski definition) is 2. The van der Waals surface area contributed by atoms with E-state index < -0.39 is 11.4 Å². The van der Waals surface area contributed by atoms with Crippen molar-refractivity contribution in [1.29, 1.82) is 0 Å². The van der Waals surface area contributed by atoms with Crippen LogP contribution in [0.1, 0.15) is 54.0 Å². The van der Waals surface area contributed by atoms with Crippen LogP contribution in [0.3, 0.4) is 0 Å². The lowest BCUT2D eigenvalue weighted by atomic mass is 9.69. The third-order valence-corrected chi connectivity index (χ3v) is 6.56. The van der Waals surface area contributed by atoms with Crippen LogP contribution < -0.4 is 5.32 Å². The zero-order valence-corrected chi connectivity index (χ0v) is 19.7. The van der Waals surface area contributed by atoms with Gasteiger partial charge in [-0.25, -0.2) is 4.68 Å². The van der Waals surface area contributed by atoms with Crippen LogP contribution >= 0.6 is 12.4 Å². The number of carboxylic acid groups (broad SMARTS) is 1. The molecule has 2 heterocycles. The maximum absolute atomic E-state index is 12.3. The number of carboxylic acids is 1. The Morgan fingerprint density at radius 2 is 2.09 bits per heavy atom. The van der Waals surface area contributed by atoms with E-state index in [0.717, 1.165) is 60.2 Å². The summed E-state index contributed by atoms with van der Waals surface area (Å²) in [5.41, 5.74) is 6.38. The van der Waals surface area contributed by atoms with Crippen molar-refractivity contribution in [3.8, 4) is 0 Å². The fraction of sp³-hybridized carbons (Fsp3) is 0.400. The van der Waals surface area contributed by atoms with Gasteiger partial charge in [-0.2, -0.15) is 0 Å². The van der Waals surface area contributed by atoms with Crippen LogP contribution in [0.2, 0.25) is 0 Å². The number of rotatable bonds is 7. The van der Waals surface area contributed by atoms with Crippen molar-refractivity contribution in [2.75, 3.05) is 6.54 Å². The molecule has 0 bridgehead atoms. The number of aryl methyl sites for hydroxylation is 2. The molecule has 0 aliphatic carbocycles. The van der Waals surface area contributed by atoms with Crippen LogP contribution in [0, 0.1) is 12.3 Å². The van der Waals surface area contributed by atoms with Crippen LogP contribution in [0.25, 0.3) is 11.0 Å². The minimum absolute atomic E-state index is 0. The highest BCUT2D eigenvalue weighted by Gasteiger charge is 2.40. The Bertz CT molecular complexity index is 1150. The Kier molecular flexibility index (Phi) is 7.06. The summed E-state index contributed by atoms with van der Waals surface area (Å²) in [6, 6.07) is 10.5. The monoisotopic (exact) mass is 454 g/mol. The summed E-state index contributed by atoms with van der Waals surface area (Å²) in [5, 5.41) is 22.3. The molecule has 0 fully saturated rings. The number of benzene rings is 2. The number of carbonyl (C=O) groups is 1. The highest BCUT2D eigenvalue weighted by molar-refractivity contribution is 5.85. The molecule has 1 unspecified atom stereocenters. The third-order valence-electron chi connectivity index (χ3n) is 6.56. The van der Waals surface area contributed by atoms with Crippen molar-refractivity contribution in [3.05, 3.63) is 70.8 Å². The Hall–Kier alpha value is -2.70. The number of nitrogens with one attached hydrogen (secondary N) is 1. The number of halogens is 1. The lowest BCUT2D eigenvalue weighted by Crippen LogP contribution is -2.33. The van der Waals surface area contributed by atoms with Gasteiger partial charge in [-0.05, 0) is 74.0 Å². The lowest BCUT2D eigenvalue weighted by molar-refractivity contribution is -0.147. The minimum atomic E-state index is -0.992. The number of aliphatic carboxylic acids is 1. The molecule has 1 aliphatic rings. The Morgan fingerprint density at radius 3 is 2.81 bits per heavy atom. The van der Waals surface area contributed by atoms with E-state index in [1.54, 1.807) is 0 Å². The second kappa shape index (κ2) is 9.43. The fourth-order valence-corrected chi connectivity index (χ4v) is 4.66. The summed E-state index contributed by atoms with van der Waals surface area (Å²) in [6.07, 6.45) is 3.68.